The number of allylic oxidation sites excluding steroid dienone is 5. The predicted molar refractivity (Wildman–Crippen MR) is 307 cm³/mol. The largest absolute Gasteiger partial charge is 0.756 e. The summed E-state index contributed by atoms with van der Waals surface area (Å²) in [5.74, 6) is -0.196. The quantitative estimate of drug-likeness (QED) is 0.0272. The van der Waals surface area contributed by atoms with E-state index in [4.69, 9.17) is 9.05 Å². The number of amides is 1. The normalized spacial score (nSPS) is 14.1. The number of nitrogens with zero attached hydrogens (tertiary/aromatic N) is 1. The number of phosphoric ester groups is 1. The number of quaternary nitrogens is 1. The molecule has 9 heteroatoms. The first kappa shape index (κ1) is 69.7. The van der Waals surface area contributed by atoms with Crippen LogP contribution in [0.1, 0.15) is 303 Å². The highest BCUT2D eigenvalue weighted by Crippen LogP contribution is 2.38. The summed E-state index contributed by atoms with van der Waals surface area (Å²) in [6, 6.07) is -0.881. The van der Waals surface area contributed by atoms with Gasteiger partial charge in [-0.15, -0.1) is 0 Å². The molecule has 2 N–H and O–H groups in total. The number of phosphoric acid groups is 1. The number of hydrogen-bond acceptors (Lipinski definition) is 6. The summed E-state index contributed by atoms with van der Waals surface area (Å²) < 4.78 is 23.2. The van der Waals surface area contributed by atoms with Crippen LogP contribution in [0.2, 0.25) is 0 Å². The van der Waals surface area contributed by atoms with E-state index in [0.717, 1.165) is 44.9 Å². The molecule has 0 heterocycles. The molecule has 0 rings (SSSR count). The molecule has 0 bridgehead atoms. The van der Waals surface area contributed by atoms with Gasteiger partial charge in [0.05, 0.1) is 39.9 Å². The van der Waals surface area contributed by atoms with E-state index in [2.05, 4.69) is 43.5 Å². The van der Waals surface area contributed by atoms with Gasteiger partial charge in [0, 0.05) is 6.42 Å². The third kappa shape index (κ3) is 56.3. The van der Waals surface area contributed by atoms with Crippen LogP contribution in [0.4, 0.5) is 0 Å². The maximum Gasteiger partial charge on any atom is 0.268 e. The number of likely N-dealkylation sites (N-methyl/N-ethyl adjacent to an activating group) is 1. The molecule has 3 atom stereocenters. The second kappa shape index (κ2) is 53.5. The van der Waals surface area contributed by atoms with Gasteiger partial charge in [0.25, 0.3) is 7.82 Å². The summed E-state index contributed by atoms with van der Waals surface area (Å²) in [6.07, 6.45) is 70.1. The highest BCUT2D eigenvalue weighted by atomic mass is 31.2. The van der Waals surface area contributed by atoms with Crippen LogP contribution in [0.5, 0.6) is 0 Å². The fourth-order valence-corrected chi connectivity index (χ4v) is 9.97. The summed E-state index contributed by atoms with van der Waals surface area (Å²) in [6.45, 7) is 4.61. The van der Waals surface area contributed by atoms with Gasteiger partial charge in [-0.25, -0.2) is 0 Å². The number of aliphatic hydroxyl groups is 1. The van der Waals surface area contributed by atoms with Crippen molar-refractivity contribution >= 4 is 13.7 Å². The fraction of sp³-hybridized carbons (Fsp3) is 0.887. The van der Waals surface area contributed by atoms with Crippen molar-refractivity contribution in [3.05, 3.63) is 36.5 Å². The zero-order valence-corrected chi connectivity index (χ0v) is 48.8. The second-order valence-electron chi connectivity index (χ2n) is 22.4. The Hall–Kier alpha value is -1.28. The maximum atomic E-state index is 12.9. The number of hydrogen-bond donors (Lipinski definition) is 2. The first-order valence-electron chi connectivity index (χ1n) is 30.9. The van der Waals surface area contributed by atoms with Gasteiger partial charge in [-0.2, -0.15) is 0 Å². The van der Waals surface area contributed by atoms with E-state index < -0.39 is 20.0 Å². The van der Waals surface area contributed by atoms with Crippen LogP contribution in [0, 0.1) is 0 Å². The third-order valence-corrected chi connectivity index (χ3v) is 15.1. The molecule has 3 unspecified atom stereocenters. The van der Waals surface area contributed by atoms with Crippen LogP contribution >= 0.6 is 7.82 Å². The molecule has 0 aromatic carbocycles. The SMILES string of the molecule is CCCCCCC/C=C\C/C=C\CCCCCCCCCCCCCCCCCCCCCCCCCCCCCCCC(=O)NC(COP(=O)([O-])OCC[N+](C)(C)C)C(O)/C=C/CCCCCCCC. The highest BCUT2D eigenvalue weighted by molar-refractivity contribution is 7.45. The number of carbonyl (C=O) groups is 1. The van der Waals surface area contributed by atoms with Crippen molar-refractivity contribution in [2.24, 2.45) is 0 Å². The highest BCUT2D eigenvalue weighted by Gasteiger charge is 2.23. The van der Waals surface area contributed by atoms with Crippen LogP contribution in [0.25, 0.3) is 0 Å². The van der Waals surface area contributed by atoms with Crippen LogP contribution in [-0.2, 0) is 18.4 Å². The van der Waals surface area contributed by atoms with Crippen LogP contribution in [0.15, 0.2) is 36.5 Å². The van der Waals surface area contributed by atoms with Crippen LogP contribution in [-0.4, -0.2) is 68.5 Å². The number of carbonyl (C=O) groups excluding carboxylic acids is 1. The van der Waals surface area contributed by atoms with E-state index in [0.29, 0.717) is 17.4 Å². The molecule has 0 spiro atoms. The van der Waals surface area contributed by atoms with E-state index in [1.807, 2.05) is 27.2 Å². The Morgan fingerprint density at radius 3 is 1.17 bits per heavy atom. The maximum absolute atomic E-state index is 12.9. The number of nitrogens with one attached hydrogen (secondary N) is 1. The number of aliphatic hydroxyl groups excluding tert-OH is 1. The van der Waals surface area contributed by atoms with Gasteiger partial charge >= 0.3 is 0 Å². The second-order valence-corrected chi connectivity index (χ2v) is 23.8. The molecular weight excluding hydrogens is 900 g/mol. The molecule has 0 aliphatic heterocycles. The smallest absolute Gasteiger partial charge is 0.268 e. The molecule has 0 aromatic rings. The van der Waals surface area contributed by atoms with Gasteiger partial charge in [0.1, 0.15) is 13.2 Å². The first-order valence-corrected chi connectivity index (χ1v) is 32.3. The minimum Gasteiger partial charge on any atom is -0.756 e. The Balaban J connectivity index is 3.71. The molecule has 0 radical (unpaired) electrons. The van der Waals surface area contributed by atoms with Crippen molar-refractivity contribution in [1.29, 1.82) is 0 Å². The Morgan fingerprint density at radius 2 is 0.817 bits per heavy atom. The number of unbranched alkanes of at least 4 members (excludes halogenated alkanes) is 40. The predicted octanol–water partition coefficient (Wildman–Crippen LogP) is 18.3. The summed E-state index contributed by atoms with van der Waals surface area (Å²) in [7, 11) is 1.27. The van der Waals surface area contributed by atoms with Gasteiger partial charge in [0.15, 0.2) is 0 Å². The molecule has 0 saturated carbocycles. The molecule has 1 amide bonds. The lowest BCUT2D eigenvalue weighted by Crippen LogP contribution is -2.45. The van der Waals surface area contributed by atoms with Gasteiger partial charge in [0.2, 0.25) is 5.91 Å². The fourth-order valence-electron chi connectivity index (χ4n) is 9.25. The summed E-state index contributed by atoms with van der Waals surface area (Å²) in [5.41, 5.74) is 0. The molecular formula is C62H121N2O6P. The van der Waals surface area contributed by atoms with E-state index in [1.54, 1.807) is 6.08 Å². The topological polar surface area (TPSA) is 108 Å². The molecule has 420 valence electrons. The zero-order chi connectivity index (χ0) is 52.0. The molecule has 71 heavy (non-hydrogen) atoms. The molecule has 0 aliphatic rings. The van der Waals surface area contributed by atoms with Crippen molar-refractivity contribution in [2.75, 3.05) is 40.9 Å². The molecule has 0 fully saturated rings. The zero-order valence-electron chi connectivity index (χ0n) is 47.9. The lowest BCUT2D eigenvalue weighted by Gasteiger charge is -2.29. The van der Waals surface area contributed by atoms with Crippen molar-refractivity contribution in [3.8, 4) is 0 Å². The van der Waals surface area contributed by atoms with Crippen molar-refractivity contribution < 1.29 is 32.9 Å². The lowest BCUT2D eigenvalue weighted by atomic mass is 10.0. The van der Waals surface area contributed by atoms with E-state index >= 15 is 0 Å². The lowest BCUT2D eigenvalue weighted by molar-refractivity contribution is -0.870. The minimum absolute atomic E-state index is 0.000669. The Bertz CT molecular complexity index is 1250. The average Bonchev–Trinajstić information content (AvgIpc) is 3.33. The number of rotatable bonds is 57. The monoisotopic (exact) mass is 1020 g/mol. The van der Waals surface area contributed by atoms with E-state index in [9.17, 15) is 19.4 Å². The van der Waals surface area contributed by atoms with Gasteiger partial charge < -0.3 is 28.8 Å². The average molecular weight is 1020 g/mol. The third-order valence-electron chi connectivity index (χ3n) is 14.1. The van der Waals surface area contributed by atoms with Crippen LogP contribution in [0.3, 0.4) is 0 Å². The molecule has 0 saturated heterocycles. The Labute approximate surface area is 442 Å². The summed E-state index contributed by atoms with van der Waals surface area (Å²) in [5, 5.41) is 13.7. The minimum atomic E-state index is -4.58. The Kier molecular flexibility index (Phi) is 52.6. The first-order chi connectivity index (χ1) is 34.5. The van der Waals surface area contributed by atoms with E-state index in [-0.39, 0.29) is 19.1 Å². The summed E-state index contributed by atoms with van der Waals surface area (Å²) in [4.78, 5) is 25.3. The van der Waals surface area contributed by atoms with Crippen molar-refractivity contribution in [2.45, 2.75) is 315 Å². The van der Waals surface area contributed by atoms with Gasteiger partial charge in [-0.05, 0) is 51.4 Å². The van der Waals surface area contributed by atoms with Gasteiger partial charge in [-0.3, -0.25) is 9.36 Å². The van der Waals surface area contributed by atoms with E-state index in [1.165, 1.54) is 238 Å². The van der Waals surface area contributed by atoms with Crippen molar-refractivity contribution in [3.63, 3.8) is 0 Å². The molecule has 0 aliphatic carbocycles. The van der Waals surface area contributed by atoms with Gasteiger partial charge in [-0.1, -0.05) is 281 Å². The molecule has 8 nitrogen and oxygen atoms in total. The van der Waals surface area contributed by atoms with Crippen LogP contribution < -0.4 is 10.2 Å². The Morgan fingerprint density at radius 1 is 0.493 bits per heavy atom. The summed E-state index contributed by atoms with van der Waals surface area (Å²) >= 11 is 0. The van der Waals surface area contributed by atoms with Crippen molar-refractivity contribution in [1.82, 2.24) is 5.32 Å². The molecule has 0 aromatic heterocycles. The standard InChI is InChI=1S/C62H121N2O6P/c1-6-8-10-12-14-16-17-18-19-20-21-22-23-24-25-26-27-28-29-30-31-32-33-34-35-36-37-38-39-40-41-42-43-44-45-46-47-48-50-52-54-56-62(66)63-60(59-70-71(67,68)69-58-57-64(3,4)5)61(65)55-53-51-49-15-13-11-9-7-2/h17-18,20-21,53,55,60-61,65H,6-16,19,22-52,54,56-59H2,1-5H3,(H-,63,66,67,68)/b18-17-,21-20-,55-53+.